The molecule has 134 valence electrons. The monoisotopic (exact) mass is 348 g/mol. The number of aromatic nitrogens is 1. The number of piperidine rings is 1. The molecule has 1 unspecified atom stereocenters. The molecule has 1 amide bonds. The van der Waals surface area contributed by atoms with Gasteiger partial charge in [0.25, 0.3) is 5.91 Å². The van der Waals surface area contributed by atoms with Crippen LogP contribution in [0.15, 0.2) is 48.8 Å². The summed E-state index contributed by atoms with van der Waals surface area (Å²) >= 11 is 0. The van der Waals surface area contributed by atoms with E-state index in [-0.39, 0.29) is 11.9 Å². The summed E-state index contributed by atoms with van der Waals surface area (Å²) in [7, 11) is 0. The second-order valence-electron chi connectivity index (χ2n) is 7.19. The SMILES string of the molecule is CC(C)(O)C#Cc1cccc(C(=O)N2CCCCC2c2cccnc2)c1. The Kier molecular flexibility index (Phi) is 5.39. The molecule has 0 saturated carbocycles. The average Bonchev–Trinajstić information content (AvgIpc) is 2.66. The first-order valence-corrected chi connectivity index (χ1v) is 9.00. The van der Waals surface area contributed by atoms with Gasteiger partial charge >= 0.3 is 0 Å². The van der Waals surface area contributed by atoms with E-state index in [1.54, 1.807) is 26.1 Å². The summed E-state index contributed by atoms with van der Waals surface area (Å²) < 4.78 is 0. The van der Waals surface area contributed by atoms with Crippen molar-refractivity contribution in [1.82, 2.24) is 9.88 Å². The molecule has 1 aromatic heterocycles. The van der Waals surface area contributed by atoms with E-state index in [4.69, 9.17) is 0 Å². The van der Waals surface area contributed by atoms with Crippen molar-refractivity contribution in [2.24, 2.45) is 0 Å². The smallest absolute Gasteiger partial charge is 0.254 e. The number of hydrogen-bond acceptors (Lipinski definition) is 3. The van der Waals surface area contributed by atoms with Gasteiger partial charge in [-0.25, -0.2) is 0 Å². The molecule has 2 aromatic rings. The molecule has 0 bridgehead atoms. The second kappa shape index (κ2) is 7.72. The maximum absolute atomic E-state index is 13.1. The fraction of sp³-hybridized carbons (Fsp3) is 0.364. The molecule has 1 fully saturated rings. The molecule has 1 aliphatic heterocycles. The van der Waals surface area contributed by atoms with Crippen molar-refractivity contribution >= 4 is 5.91 Å². The lowest BCUT2D eigenvalue weighted by atomic mass is 9.95. The van der Waals surface area contributed by atoms with E-state index < -0.39 is 5.60 Å². The zero-order valence-corrected chi connectivity index (χ0v) is 15.3. The molecule has 4 nitrogen and oxygen atoms in total. The van der Waals surface area contributed by atoms with Crippen LogP contribution in [0.1, 0.15) is 60.6 Å². The minimum atomic E-state index is -1.06. The summed E-state index contributed by atoms with van der Waals surface area (Å²) in [5.41, 5.74) is 1.38. The molecule has 26 heavy (non-hydrogen) atoms. The number of nitrogens with zero attached hydrogens (tertiary/aromatic N) is 2. The van der Waals surface area contributed by atoms with Crippen LogP contribution in [-0.4, -0.2) is 33.0 Å². The van der Waals surface area contributed by atoms with Gasteiger partial charge in [-0.1, -0.05) is 24.0 Å². The molecule has 0 spiro atoms. The lowest BCUT2D eigenvalue weighted by molar-refractivity contribution is 0.0611. The topological polar surface area (TPSA) is 53.4 Å². The largest absolute Gasteiger partial charge is 0.378 e. The number of benzene rings is 1. The molecule has 1 aliphatic rings. The van der Waals surface area contributed by atoms with Gasteiger partial charge in [-0.3, -0.25) is 9.78 Å². The Morgan fingerprint density at radius 2 is 2.12 bits per heavy atom. The quantitative estimate of drug-likeness (QED) is 0.844. The first kappa shape index (κ1) is 18.2. The van der Waals surface area contributed by atoms with Crippen LogP contribution >= 0.6 is 0 Å². The Morgan fingerprint density at radius 3 is 2.85 bits per heavy atom. The van der Waals surface area contributed by atoms with Crippen LogP contribution in [0, 0.1) is 11.8 Å². The molecule has 1 aromatic carbocycles. The highest BCUT2D eigenvalue weighted by Gasteiger charge is 2.28. The third-order valence-electron chi connectivity index (χ3n) is 4.46. The standard InChI is InChI=1S/C22H24N2O2/c1-22(2,26)12-11-17-7-5-8-18(15-17)21(25)24-14-4-3-10-20(24)19-9-6-13-23-16-19/h5-9,13,15-16,20,26H,3-4,10,14H2,1-2H3. The maximum atomic E-state index is 13.1. The number of hydrogen-bond donors (Lipinski definition) is 1. The van der Waals surface area contributed by atoms with Crippen molar-refractivity contribution in [3.63, 3.8) is 0 Å². The summed E-state index contributed by atoms with van der Waals surface area (Å²) in [5.74, 6) is 5.75. The van der Waals surface area contributed by atoms with Crippen LogP contribution in [0.2, 0.25) is 0 Å². The van der Waals surface area contributed by atoms with E-state index in [2.05, 4.69) is 16.8 Å². The Morgan fingerprint density at radius 1 is 1.27 bits per heavy atom. The highest BCUT2D eigenvalue weighted by Crippen LogP contribution is 2.31. The lowest BCUT2D eigenvalue weighted by Crippen LogP contribution is -2.38. The van der Waals surface area contributed by atoms with Crippen molar-refractivity contribution in [3.05, 3.63) is 65.5 Å². The molecule has 1 N–H and O–H groups in total. The summed E-state index contributed by atoms with van der Waals surface area (Å²) in [5, 5.41) is 9.77. The van der Waals surface area contributed by atoms with Crippen LogP contribution in [0.4, 0.5) is 0 Å². The number of amides is 1. The minimum absolute atomic E-state index is 0.0189. The molecular formula is C22H24N2O2. The fourth-order valence-electron chi connectivity index (χ4n) is 3.22. The van der Waals surface area contributed by atoms with Gasteiger partial charge in [0.2, 0.25) is 0 Å². The van der Waals surface area contributed by atoms with E-state index in [1.807, 2.05) is 41.4 Å². The van der Waals surface area contributed by atoms with Gasteiger partial charge in [0, 0.05) is 30.1 Å². The molecule has 0 aliphatic carbocycles. The summed E-state index contributed by atoms with van der Waals surface area (Å²) in [6, 6.07) is 11.3. The van der Waals surface area contributed by atoms with Crippen LogP contribution in [0.3, 0.4) is 0 Å². The van der Waals surface area contributed by atoms with Gasteiger partial charge in [-0.15, -0.1) is 0 Å². The van der Waals surface area contributed by atoms with E-state index >= 15 is 0 Å². The maximum Gasteiger partial charge on any atom is 0.254 e. The number of pyridine rings is 1. The number of carbonyl (C=O) groups excluding carboxylic acids is 1. The molecule has 1 atom stereocenters. The van der Waals surface area contributed by atoms with Crippen molar-refractivity contribution in [2.45, 2.75) is 44.8 Å². The predicted octanol–water partition coefficient (Wildman–Crippen LogP) is 3.57. The third-order valence-corrected chi connectivity index (χ3v) is 4.46. The van der Waals surface area contributed by atoms with Crippen molar-refractivity contribution in [3.8, 4) is 11.8 Å². The van der Waals surface area contributed by atoms with Gasteiger partial charge in [0.15, 0.2) is 0 Å². The Balaban J connectivity index is 1.86. The van der Waals surface area contributed by atoms with Gasteiger partial charge in [0.05, 0.1) is 6.04 Å². The first-order chi connectivity index (χ1) is 12.4. The summed E-state index contributed by atoms with van der Waals surface area (Å²) in [6.07, 6.45) is 6.68. The predicted molar refractivity (Wildman–Crippen MR) is 101 cm³/mol. The van der Waals surface area contributed by atoms with Crippen molar-refractivity contribution < 1.29 is 9.90 Å². The van der Waals surface area contributed by atoms with E-state index in [9.17, 15) is 9.90 Å². The molecule has 3 rings (SSSR count). The fourth-order valence-corrected chi connectivity index (χ4v) is 3.22. The number of carbonyl (C=O) groups is 1. The molecule has 1 saturated heterocycles. The summed E-state index contributed by atoms with van der Waals surface area (Å²) in [6.45, 7) is 4.03. The zero-order chi connectivity index (χ0) is 18.6. The van der Waals surface area contributed by atoms with Gasteiger partial charge in [0.1, 0.15) is 5.60 Å². The number of aliphatic hydroxyl groups is 1. The van der Waals surface area contributed by atoms with E-state index in [1.165, 1.54) is 0 Å². The second-order valence-corrected chi connectivity index (χ2v) is 7.19. The average molecular weight is 348 g/mol. The van der Waals surface area contributed by atoms with E-state index in [0.717, 1.165) is 36.9 Å². The first-order valence-electron chi connectivity index (χ1n) is 9.00. The van der Waals surface area contributed by atoms with Gasteiger partial charge in [-0.05, 0) is 62.9 Å². The van der Waals surface area contributed by atoms with Crippen LogP contribution < -0.4 is 0 Å². The van der Waals surface area contributed by atoms with Crippen LogP contribution in [0.25, 0.3) is 0 Å². The Bertz CT molecular complexity index is 828. The molecule has 2 heterocycles. The van der Waals surface area contributed by atoms with Crippen LogP contribution in [-0.2, 0) is 0 Å². The minimum Gasteiger partial charge on any atom is -0.378 e. The summed E-state index contributed by atoms with van der Waals surface area (Å²) in [4.78, 5) is 19.3. The molecule has 4 heteroatoms. The molecule has 0 radical (unpaired) electrons. The van der Waals surface area contributed by atoms with Crippen molar-refractivity contribution in [2.75, 3.05) is 6.54 Å². The van der Waals surface area contributed by atoms with Gasteiger partial charge < -0.3 is 10.0 Å². The van der Waals surface area contributed by atoms with Crippen molar-refractivity contribution in [1.29, 1.82) is 0 Å². The van der Waals surface area contributed by atoms with Gasteiger partial charge in [-0.2, -0.15) is 0 Å². The number of rotatable bonds is 2. The van der Waals surface area contributed by atoms with E-state index in [0.29, 0.717) is 5.56 Å². The highest BCUT2D eigenvalue weighted by molar-refractivity contribution is 5.95. The third kappa shape index (κ3) is 4.50. The normalized spacial score (nSPS) is 17.3. The highest BCUT2D eigenvalue weighted by atomic mass is 16.3. The zero-order valence-electron chi connectivity index (χ0n) is 15.3. The number of likely N-dealkylation sites (tertiary alicyclic amines) is 1. The Hall–Kier alpha value is -2.64. The molecular weight excluding hydrogens is 324 g/mol. The lowest BCUT2D eigenvalue weighted by Gasteiger charge is -2.36. The van der Waals surface area contributed by atoms with Crippen LogP contribution in [0.5, 0.6) is 0 Å². The Labute approximate surface area is 154 Å².